The van der Waals surface area contributed by atoms with E-state index < -0.39 is 27.1 Å². The number of nitriles is 1. The number of cyclic esters (lactones) is 1. The standard InChI is InChI=1S/C34H37NO6S2/c1-22(2)34(17-16-24-10-8-7-9-11-24)20-28(36)31(32(37)40-34)42-30-18-23(3)29(19-27(30)33(4,5)6)41-43(38,39)26-14-12-25(21-35)13-15-26/h7-15,18-19,22,36H,16-17,20H2,1-6H3. The molecule has 4 rings (SSSR count). The lowest BCUT2D eigenvalue weighted by molar-refractivity contribution is -0.164. The Kier molecular flexibility index (Phi) is 9.33. The molecule has 1 unspecified atom stereocenters. The van der Waals surface area contributed by atoms with Crippen molar-refractivity contribution in [2.75, 3.05) is 0 Å². The number of rotatable bonds is 9. The normalized spacial score (nSPS) is 17.5. The molecule has 9 heteroatoms. The first-order valence-electron chi connectivity index (χ1n) is 14.1. The summed E-state index contributed by atoms with van der Waals surface area (Å²) in [5.41, 5.74) is 1.46. The van der Waals surface area contributed by atoms with Crippen LogP contribution in [-0.2, 0) is 31.5 Å². The molecule has 0 amide bonds. The van der Waals surface area contributed by atoms with Gasteiger partial charge in [0, 0.05) is 11.3 Å². The molecular weight excluding hydrogens is 583 g/mol. The van der Waals surface area contributed by atoms with E-state index in [2.05, 4.69) is 0 Å². The van der Waals surface area contributed by atoms with Gasteiger partial charge >= 0.3 is 16.1 Å². The molecule has 0 fully saturated rings. The van der Waals surface area contributed by atoms with Crippen molar-refractivity contribution < 1.29 is 27.2 Å². The Hall–Kier alpha value is -3.74. The van der Waals surface area contributed by atoms with E-state index in [1.807, 2.05) is 71.0 Å². The quantitative estimate of drug-likeness (QED) is 0.191. The van der Waals surface area contributed by atoms with Gasteiger partial charge in [-0.2, -0.15) is 13.7 Å². The fraction of sp³-hybridized carbons (Fsp3) is 0.353. The molecule has 43 heavy (non-hydrogen) atoms. The minimum atomic E-state index is -4.17. The van der Waals surface area contributed by atoms with E-state index in [0.29, 0.717) is 28.9 Å². The van der Waals surface area contributed by atoms with Crippen molar-refractivity contribution in [2.24, 2.45) is 5.92 Å². The number of carbonyl (C=O) groups is 1. The van der Waals surface area contributed by atoms with E-state index in [9.17, 15) is 18.3 Å². The van der Waals surface area contributed by atoms with Gasteiger partial charge in [-0.25, -0.2) is 4.79 Å². The molecule has 0 radical (unpaired) electrons. The van der Waals surface area contributed by atoms with E-state index >= 15 is 0 Å². The number of aliphatic hydroxyl groups is 1. The average molecular weight is 620 g/mol. The Bertz CT molecular complexity index is 1680. The Labute approximate surface area is 258 Å². The van der Waals surface area contributed by atoms with Gasteiger partial charge < -0.3 is 14.0 Å². The third-order valence-corrected chi connectivity index (χ3v) is 10.1. The van der Waals surface area contributed by atoms with Crippen LogP contribution in [0.3, 0.4) is 0 Å². The molecule has 1 atom stereocenters. The van der Waals surface area contributed by atoms with Crippen LogP contribution >= 0.6 is 11.8 Å². The van der Waals surface area contributed by atoms with Crippen LogP contribution in [0.25, 0.3) is 0 Å². The summed E-state index contributed by atoms with van der Waals surface area (Å²) in [4.78, 5) is 14.2. The van der Waals surface area contributed by atoms with Crippen LogP contribution in [0, 0.1) is 24.2 Å². The van der Waals surface area contributed by atoms with Crippen LogP contribution in [0.4, 0.5) is 0 Å². The van der Waals surface area contributed by atoms with Crippen LogP contribution in [-0.4, -0.2) is 25.1 Å². The zero-order valence-corrected chi connectivity index (χ0v) is 26.9. The number of nitrogens with zero attached hydrogens (tertiary/aromatic N) is 1. The summed E-state index contributed by atoms with van der Waals surface area (Å²) in [7, 11) is -4.17. The number of hydrogen-bond donors (Lipinski definition) is 1. The predicted octanol–water partition coefficient (Wildman–Crippen LogP) is 7.77. The second-order valence-electron chi connectivity index (χ2n) is 12.2. The highest BCUT2D eigenvalue weighted by atomic mass is 32.2. The summed E-state index contributed by atoms with van der Waals surface area (Å²) in [6, 6.07) is 20.9. The maximum Gasteiger partial charge on any atom is 0.349 e. The molecular formula is C34H37NO6S2. The number of thioether (sulfide) groups is 1. The van der Waals surface area contributed by atoms with Gasteiger partial charge in [0.1, 0.15) is 26.9 Å². The van der Waals surface area contributed by atoms with Crippen LogP contribution in [0.5, 0.6) is 5.75 Å². The molecule has 0 saturated heterocycles. The summed E-state index contributed by atoms with van der Waals surface area (Å²) in [6.45, 7) is 11.6. The first kappa shape index (κ1) is 32.2. The topological polar surface area (TPSA) is 114 Å². The smallest absolute Gasteiger partial charge is 0.349 e. The highest BCUT2D eigenvalue weighted by Gasteiger charge is 2.44. The Morgan fingerprint density at radius 1 is 1.09 bits per heavy atom. The molecule has 1 aliphatic heterocycles. The van der Waals surface area contributed by atoms with Gasteiger partial charge in [-0.1, -0.05) is 76.7 Å². The number of benzene rings is 3. The van der Waals surface area contributed by atoms with Crippen molar-refractivity contribution in [1.29, 1.82) is 5.26 Å². The molecule has 226 valence electrons. The van der Waals surface area contributed by atoms with Gasteiger partial charge in [0.15, 0.2) is 0 Å². The Morgan fingerprint density at radius 2 is 1.74 bits per heavy atom. The van der Waals surface area contributed by atoms with Crippen LogP contribution < -0.4 is 4.18 Å². The molecule has 0 aromatic heterocycles. The fourth-order valence-electron chi connectivity index (χ4n) is 4.99. The highest BCUT2D eigenvalue weighted by molar-refractivity contribution is 8.04. The third-order valence-electron chi connectivity index (χ3n) is 7.71. The van der Waals surface area contributed by atoms with Crippen molar-refractivity contribution in [1.82, 2.24) is 0 Å². The van der Waals surface area contributed by atoms with Crippen LogP contribution in [0.15, 0.2) is 87.2 Å². The largest absolute Gasteiger partial charge is 0.511 e. The lowest BCUT2D eigenvalue weighted by Crippen LogP contribution is -2.44. The molecule has 7 nitrogen and oxygen atoms in total. The van der Waals surface area contributed by atoms with Gasteiger partial charge in [0.05, 0.1) is 11.6 Å². The van der Waals surface area contributed by atoms with Crippen molar-refractivity contribution in [3.63, 3.8) is 0 Å². The third kappa shape index (κ3) is 7.26. The second-order valence-corrected chi connectivity index (χ2v) is 14.8. The van der Waals surface area contributed by atoms with Gasteiger partial charge in [0.2, 0.25) is 0 Å². The zero-order valence-electron chi connectivity index (χ0n) is 25.3. The Balaban J connectivity index is 1.64. The molecule has 0 aliphatic carbocycles. The maximum atomic E-state index is 13.5. The summed E-state index contributed by atoms with van der Waals surface area (Å²) < 4.78 is 37.8. The molecule has 1 heterocycles. The van der Waals surface area contributed by atoms with Crippen molar-refractivity contribution in [2.45, 2.75) is 81.6 Å². The molecule has 0 spiro atoms. The van der Waals surface area contributed by atoms with E-state index in [0.717, 1.165) is 22.9 Å². The van der Waals surface area contributed by atoms with Crippen molar-refractivity contribution >= 4 is 27.8 Å². The lowest BCUT2D eigenvalue weighted by Gasteiger charge is -2.40. The molecule has 1 aliphatic rings. The van der Waals surface area contributed by atoms with E-state index in [-0.39, 0.29) is 33.6 Å². The van der Waals surface area contributed by atoms with Gasteiger partial charge in [-0.05, 0) is 84.2 Å². The predicted molar refractivity (Wildman–Crippen MR) is 167 cm³/mol. The van der Waals surface area contributed by atoms with Crippen LogP contribution in [0.2, 0.25) is 0 Å². The number of aliphatic hydroxyl groups excluding tert-OH is 1. The van der Waals surface area contributed by atoms with E-state index in [4.69, 9.17) is 14.2 Å². The van der Waals surface area contributed by atoms with Gasteiger partial charge in [-0.3, -0.25) is 0 Å². The highest BCUT2D eigenvalue weighted by Crippen LogP contribution is 2.46. The lowest BCUT2D eigenvalue weighted by atomic mass is 9.80. The molecule has 0 bridgehead atoms. The number of ether oxygens (including phenoxy) is 1. The first-order chi connectivity index (χ1) is 20.1. The number of esters is 1. The number of hydrogen-bond acceptors (Lipinski definition) is 8. The fourth-order valence-corrected chi connectivity index (χ4v) is 7.22. The summed E-state index contributed by atoms with van der Waals surface area (Å²) in [5.74, 6) is -0.445. The minimum absolute atomic E-state index is 0.00996. The summed E-state index contributed by atoms with van der Waals surface area (Å²) in [6.07, 6.45) is 1.50. The summed E-state index contributed by atoms with van der Waals surface area (Å²) in [5, 5.41) is 20.3. The average Bonchev–Trinajstić information content (AvgIpc) is 2.95. The Morgan fingerprint density at radius 3 is 2.30 bits per heavy atom. The maximum absolute atomic E-state index is 13.5. The van der Waals surface area contributed by atoms with Gasteiger partial charge in [-0.15, -0.1) is 0 Å². The van der Waals surface area contributed by atoms with E-state index in [1.165, 1.54) is 24.3 Å². The van der Waals surface area contributed by atoms with Gasteiger partial charge in [0.25, 0.3) is 0 Å². The molecule has 1 N–H and O–H groups in total. The van der Waals surface area contributed by atoms with Crippen molar-refractivity contribution in [3.05, 3.63) is 99.6 Å². The first-order valence-corrected chi connectivity index (χ1v) is 16.3. The minimum Gasteiger partial charge on any atom is -0.511 e. The molecule has 0 saturated carbocycles. The SMILES string of the molecule is Cc1cc(SC2=C(O)CC(CCc3ccccc3)(C(C)C)OC2=O)c(C(C)(C)C)cc1OS(=O)(=O)c1ccc(C#N)cc1. The summed E-state index contributed by atoms with van der Waals surface area (Å²) >= 11 is 1.12. The molecule has 3 aromatic carbocycles. The van der Waals surface area contributed by atoms with Crippen molar-refractivity contribution in [3.8, 4) is 11.8 Å². The monoisotopic (exact) mass is 619 g/mol. The second kappa shape index (κ2) is 12.5. The van der Waals surface area contributed by atoms with E-state index in [1.54, 1.807) is 19.1 Å². The number of carbonyl (C=O) groups excluding carboxylic acids is 1. The van der Waals surface area contributed by atoms with Crippen LogP contribution in [0.1, 0.15) is 69.7 Å². The number of aryl methyl sites for hydroxylation is 2. The zero-order chi connectivity index (χ0) is 31.6. The molecule has 3 aromatic rings.